The van der Waals surface area contributed by atoms with Crippen molar-refractivity contribution in [1.82, 2.24) is 14.3 Å². The van der Waals surface area contributed by atoms with Crippen molar-refractivity contribution in [2.75, 3.05) is 31.1 Å². The summed E-state index contributed by atoms with van der Waals surface area (Å²) in [6.07, 6.45) is 1.73. The Labute approximate surface area is 153 Å². The number of halogens is 1. The Hall–Kier alpha value is -2.76. The van der Waals surface area contributed by atoms with E-state index < -0.39 is 5.82 Å². The van der Waals surface area contributed by atoms with Crippen molar-refractivity contribution in [2.45, 2.75) is 6.54 Å². The van der Waals surface area contributed by atoms with Crippen LogP contribution >= 0.6 is 11.3 Å². The van der Waals surface area contributed by atoms with E-state index in [2.05, 4.69) is 20.9 Å². The number of anilines is 1. The third-order valence-corrected chi connectivity index (χ3v) is 5.29. The van der Waals surface area contributed by atoms with E-state index in [4.69, 9.17) is 0 Å². The van der Waals surface area contributed by atoms with Gasteiger partial charge in [0.2, 0.25) is 0 Å². The average molecular weight is 369 g/mol. The molecule has 3 aromatic rings. The molecular weight excluding hydrogens is 353 g/mol. The fraction of sp³-hybridized carbons (Fsp3) is 0.278. The zero-order chi connectivity index (χ0) is 18.1. The van der Waals surface area contributed by atoms with E-state index in [1.54, 1.807) is 22.7 Å². The molecule has 0 N–H and O–H groups in total. The molecule has 1 aliphatic rings. The first-order chi connectivity index (χ1) is 12.6. The van der Waals surface area contributed by atoms with Gasteiger partial charge in [0.25, 0.3) is 5.56 Å². The zero-order valence-corrected chi connectivity index (χ0v) is 14.7. The Morgan fingerprint density at radius 2 is 2.04 bits per heavy atom. The smallest absolute Gasteiger partial charge is 0.258 e. The van der Waals surface area contributed by atoms with E-state index in [1.165, 1.54) is 23.5 Å². The lowest BCUT2D eigenvalue weighted by atomic mass is 10.1. The molecule has 8 heteroatoms. The normalized spacial score (nSPS) is 15.3. The molecule has 0 radical (unpaired) electrons. The topological polar surface area (TPSA) is 64.6 Å². The summed E-state index contributed by atoms with van der Waals surface area (Å²) in [7, 11) is 0. The first kappa shape index (κ1) is 16.7. The van der Waals surface area contributed by atoms with Gasteiger partial charge in [-0.1, -0.05) is 0 Å². The van der Waals surface area contributed by atoms with Crippen LogP contribution in [0.4, 0.5) is 10.1 Å². The van der Waals surface area contributed by atoms with Crippen LogP contribution < -0.4 is 10.5 Å². The van der Waals surface area contributed by atoms with Crippen molar-refractivity contribution in [3.8, 4) is 6.07 Å². The quantitative estimate of drug-likeness (QED) is 0.707. The van der Waals surface area contributed by atoms with Gasteiger partial charge in [-0.2, -0.15) is 5.26 Å². The summed E-state index contributed by atoms with van der Waals surface area (Å²) in [4.78, 5) is 21.7. The minimum atomic E-state index is -0.398. The maximum Gasteiger partial charge on any atom is 0.258 e. The molecule has 0 unspecified atom stereocenters. The highest BCUT2D eigenvalue weighted by atomic mass is 32.1. The third-order valence-electron chi connectivity index (χ3n) is 4.53. The molecule has 1 aliphatic heterocycles. The van der Waals surface area contributed by atoms with Gasteiger partial charge in [-0.3, -0.25) is 14.1 Å². The second kappa shape index (κ2) is 6.86. The molecule has 6 nitrogen and oxygen atoms in total. The van der Waals surface area contributed by atoms with Crippen LogP contribution in [0.1, 0.15) is 11.3 Å². The van der Waals surface area contributed by atoms with Crippen LogP contribution in [-0.4, -0.2) is 40.5 Å². The molecule has 3 heterocycles. The van der Waals surface area contributed by atoms with Gasteiger partial charge in [0, 0.05) is 50.4 Å². The number of nitriles is 1. The van der Waals surface area contributed by atoms with Crippen LogP contribution in [0.25, 0.3) is 4.96 Å². The van der Waals surface area contributed by atoms with Crippen molar-refractivity contribution < 1.29 is 4.39 Å². The summed E-state index contributed by atoms with van der Waals surface area (Å²) in [5, 5.41) is 11.1. The van der Waals surface area contributed by atoms with Gasteiger partial charge in [0.15, 0.2) is 4.96 Å². The number of rotatable bonds is 3. The van der Waals surface area contributed by atoms with E-state index in [0.29, 0.717) is 17.1 Å². The summed E-state index contributed by atoms with van der Waals surface area (Å²) < 4.78 is 14.9. The lowest BCUT2D eigenvalue weighted by Gasteiger charge is -2.36. The van der Waals surface area contributed by atoms with Crippen molar-refractivity contribution >= 4 is 22.0 Å². The molecule has 0 saturated carbocycles. The highest BCUT2D eigenvalue weighted by Gasteiger charge is 2.20. The molecule has 26 heavy (non-hydrogen) atoms. The molecule has 0 aliphatic carbocycles. The number of thiazole rings is 1. The van der Waals surface area contributed by atoms with Crippen molar-refractivity contribution in [3.05, 3.63) is 63.3 Å². The Balaban J connectivity index is 1.45. The number of hydrogen-bond donors (Lipinski definition) is 0. The summed E-state index contributed by atoms with van der Waals surface area (Å²) in [6, 6.07) is 7.97. The molecule has 0 atom stereocenters. The predicted molar refractivity (Wildman–Crippen MR) is 97.9 cm³/mol. The molecular formula is C18H16FN5OS. The van der Waals surface area contributed by atoms with Gasteiger partial charge in [0.1, 0.15) is 11.9 Å². The standard InChI is InChI=1S/C18H16FN5OS/c19-14-1-2-16(13(9-14)11-20)23-5-3-22(4-6-23)12-15-10-17(25)24-7-8-26-18(24)21-15/h1-2,7-10H,3-6,12H2. The van der Waals surface area contributed by atoms with Gasteiger partial charge < -0.3 is 4.90 Å². The minimum Gasteiger partial charge on any atom is -0.368 e. The number of benzene rings is 1. The summed E-state index contributed by atoms with van der Waals surface area (Å²) in [5.41, 5.74) is 1.83. The number of nitrogens with zero attached hydrogens (tertiary/aromatic N) is 5. The SMILES string of the molecule is N#Cc1cc(F)ccc1N1CCN(Cc2cc(=O)n3ccsc3n2)CC1. The van der Waals surface area contributed by atoms with Gasteiger partial charge in [-0.15, -0.1) is 11.3 Å². The van der Waals surface area contributed by atoms with Crippen LogP contribution in [0.2, 0.25) is 0 Å². The minimum absolute atomic E-state index is 0.0603. The van der Waals surface area contributed by atoms with Crippen molar-refractivity contribution in [3.63, 3.8) is 0 Å². The lowest BCUT2D eigenvalue weighted by Crippen LogP contribution is -2.46. The van der Waals surface area contributed by atoms with Gasteiger partial charge in [-0.25, -0.2) is 9.37 Å². The predicted octanol–water partition coefficient (Wildman–Crippen LogP) is 2.09. The van der Waals surface area contributed by atoms with E-state index in [1.807, 2.05) is 5.38 Å². The fourth-order valence-corrected chi connectivity index (χ4v) is 3.96. The Morgan fingerprint density at radius 1 is 1.23 bits per heavy atom. The molecule has 1 fully saturated rings. The summed E-state index contributed by atoms with van der Waals surface area (Å²) in [6.45, 7) is 3.66. The van der Waals surface area contributed by atoms with E-state index in [-0.39, 0.29) is 5.56 Å². The largest absolute Gasteiger partial charge is 0.368 e. The highest BCUT2D eigenvalue weighted by molar-refractivity contribution is 7.15. The Morgan fingerprint density at radius 3 is 2.81 bits per heavy atom. The number of hydrogen-bond acceptors (Lipinski definition) is 6. The maximum absolute atomic E-state index is 13.3. The van der Waals surface area contributed by atoms with Crippen LogP contribution in [0.3, 0.4) is 0 Å². The van der Waals surface area contributed by atoms with Crippen molar-refractivity contribution in [2.24, 2.45) is 0 Å². The molecule has 4 rings (SSSR count). The number of aromatic nitrogens is 2. The van der Waals surface area contributed by atoms with Gasteiger partial charge >= 0.3 is 0 Å². The van der Waals surface area contributed by atoms with E-state index >= 15 is 0 Å². The number of piperazine rings is 1. The molecule has 0 bridgehead atoms. The summed E-state index contributed by atoms with van der Waals surface area (Å²) >= 11 is 1.44. The molecule has 1 saturated heterocycles. The maximum atomic E-state index is 13.3. The second-order valence-electron chi connectivity index (χ2n) is 6.18. The third kappa shape index (κ3) is 3.19. The Kier molecular flexibility index (Phi) is 4.41. The second-order valence-corrected chi connectivity index (χ2v) is 7.05. The van der Waals surface area contributed by atoms with Crippen LogP contribution in [-0.2, 0) is 6.54 Å². The molecule has 0 spiro atoms. The first-order valence-electron chi connectivity index (χ1n) is 8.27. The Bertz CT molecular complexity index is 1050. The van der Waals surface area contributed by atoms with Crippen LogP contribution in [0.5, 0.6) is 0 Å². The van der Waals surface area contributed by atoms with E-state index in [9.17, 15) is 14.4 Å². The average Bonchev–Trinajstić information content (AvgIpc) is 3.11. The highest BCUT2D eigenvalue weighted by Crippen LogP contribution is 2.22. The van der Waals surface area contributed by atoms with Gasteiger partial charge in [-0.05, 0) is 18.2 Å². The first-order valence-corrected chi connectivity index (χ1v) is 9.15. The van der Waals surface area contributed by atoms with E-state index in [0.717, 1.165) is 37.6 Å². The molecule has 132 valence electrons. The monoisotopic (exact) mass is 369 g/mol. The molecule has 2 aromatic heterocycles. The zero-order valence-electron chi connectivity index (χ0n) is 13.9. The van der Waals surface area contributed by atoms with Crippen molar-refractivity contribution in [1.29, 1.82) is 5.26 Å². The fourth-order valence-electron chi connectivity index (χ4n) is 3.22. The summed E-state index contributed by atoms with van der Waals surface area (Å²) in [5.74, 6) is -0.398. The van der Waals surface area contributed by atoms with Crippen LogP contribution in [0.15, 0.2) is 40.6 Å². The van der Waals surface area contributed by atoms with Gasteiger partial charge in [0.05, 0.1) is 16.9 Å². The number of fused-ring (bicyclic) bond motifs is 1. The molecule has 0 amide bonds. The molecule has 1 aromatic carbocycles. The lowest BCUT2D eigenvalue weighted by molar-refractivity contribution is 0.247. The van der Waals surface area contributed by atoms with Crippen LogP contribution in [0, 0.1) is 17.1 Å².